The van der Waals surface area contributed by atoms with Gasteiger partial charge in [-0.25, -0.2) is 4.98 Å². The fraction of sp³-hybridized carbons (Fsp3) is 0.294. The summed E-state index contributed by atoms with van der Waals surface area (Å²) < 4.78 is 0. The zero-order valence-electron chi connectivity index (χ0n) is 12.9. The Bertz CT molecular complexity index is 646. The van der Waals surface area contributed by atoms with Crippen molar-refractivity contribution >= 4 is 29.4 Å². The van der Waals surface area contributed by atoms with E-state index in [0.717, 1.165) is 38.5 Å². The topological polar surface area (TPSA) is 58.3 Å². The maximum atomic E-state index is 5.95. The summed E-state index contributed by atoms with van der Waals surface area (Å²) in [6.45, 7) is 4.74. The van der Waals surface area contributed by atoms with Crippen LogP contribution in [0.2, 0.25) is 5.15 Å². The summed E-state index contributed by atoms with van der Waals surface area (Å²) in [7, 11) is 0. The summed E-state index contributed by atoms with van der Waals surface area (Å²) in [4.78, 5) is 12.8. The van der Waals surface area contributed by atoms with Gasteiger partial charge in [0, 0.05) is 38.8 Å². The van der Waals surface area contributed by atoms with Crippen LogP contribution >= 0.6 is 11.6 Å². The Morgan fingerprint density at radius 1 is 1.09 bits per heavy atom. The molecule has 1 fully saturated rings. The quantitative estimate of drug-likeness (QED) is 0.874. The number of aromatic nitrogens is 2. The summed E-state index contributed by atoms with van der Waals surface area (Å²) in [5.41, 5.74) is 6.90. The molecular weight excluding hydrogens is 310 g/mol. The minimum Gasteiger partial charge on any atom is -0.368 e. The molecule has 23 heavy (non-hydrogen) atoms. The summed E-state index contributed by atoms with van der Waals surface area (Å²) in [5, 5.41) is 0.390. The van der Waals surface area contributed by atoms with Crippen molar-refractivity contribution in [3.63, 3.8) is 0 Å². The number of nitrogen functional groups attached to an aromatic ring is 1. The van der Waals surface area contributed by atoms with E-state index in [1.165, 1.54) is 5.56 Å². The van der Waals surface area contributed by atoms with Gasteiger partial charge in [0.1, 0.15) is 11.0 Å². The van der Waals surface area contributed by atoms with E-state index in [1.54, 1.807) is 6.07 Å². The van der Waals surface area contributed by atoms with E-state index in [9.17, 15) is 0 Å². The highest BCUT2D eigenvalue weighted by Gasteiger charge is 2.18. The van der Waals surface area contributed by atoms with Crippen LogP contribution in [-0.2, 0) is 0 Å². The van der Waals surface area contributed by atoms with Crippen molar-refractivity contribution in [3.05, 3.63) is 53.2 Å². The van der Waals surface area contributed by atoms with Crippen LogP contribution in [0.5, 0.6) is 0 Å². The van der Waals surface area contributed by atoms with E-state index in [-0.39, 0.29) is 5.95 Å². The summed E-state index contributed by atoms with van der Waals surface area (Å²) >= 11 is 5.95. The molecule has 0 unspecified atom stereocenters. The van der Waals surface area contributed by atoms with Gasteiger partial charge in [0.05, 0.1) is 0 Å². The normalized spacial score (nSPS) is 16.1. The largest absolute Gasteiger partial charge is 0.368 e. The van der Waals surface area contributed by atoms with Crippen molar-refractivity contribution in [1.82, 2.24) is 14.9 Å². The molecule has 3 rings (SSSR count). The van der Waals surface area contributed by atoms with Gasteiger partial charge in [-0.1, -0.05) is 54.1 Å². The van der Waals surface area contributed by atoms with Gasteiger partial charge in [-0.3, -0.25) is 4.90 Å². The van der Waals surface area contributed by atoms with Crippen molar-refractivity contribution in [3.8, 4) is 0 Å². The molecule has 1 aromatic carbocycles. The number of hydrogen-bond donors (Lipinski definition) is 1. The summed E-state index contributed by atoms with van der Waals surface area (Å²) in [5.74, 6) is 1.03. The van der Waals surface area contributed by atoms with Crippen LogP contribution in [0.15, 0.2) is 42.5 Å². The van der Waals surface area contributed by atoms with E-state index < -0.39 is 0 Å². The van der Waals surface area contributed by atoms with Crippen LogP contribution in [-0.4, -0.2) is 47.6 Å². The second-order valence-corrected chi connectivity index (χ2v) is 5.90. The lowest BCUT2D eigenvalue weighted by Gasteiger charge is -2.34. The molecule has 2 aromatic rings. The van der Waals surface area contributed by atoms with Gasteiger partial charge in [-0.05, 0) is 5.56 Å². The molecule has 2 heterocycles. The monoisotopic (exact) mass is 329 g/mol. The first-order valence-corrected chi connectivity index (χ1v) is 8.07. The first-order valence-electron chi connectivity index (χ1n) is 7.70. The number of hydrogen-bond acceptors (Lipinski definition) is 5. The molecule has 0 aliphatic carbocycles. The molecular formula is C17H20ClN5. The minimum absolute atomic E-state index is 0.223. The van der Waals surface area contributed by atoms with E-state index in [0.29, 0.717) is 5.15 Å². The SMILES string of the molecule is Nc1nc(Cl)cc(N2CCN(C/C=C/c3ccccc3)CC2)n1. The number of nitrogens with zero attached hydrogens (tertiary/aromatic N) is 4. The average Bonchev–Trinajstić information content (AvgIpc) is 2.56. The van der Waals surface area contributed by atoms with E-state index in [2.05, 4.69) is 56.2 Å². The van der Waals surface area contributed by atoms with Crippen molar-refractivity contribution in [2.45, 2.75) is 0 Å². The molecule has 0 amide bonds. The third-order valence-corrected chi connectivity index (χ3v) is 4.06. The first kappa shape index (κ1) is 15.8. The first-order chi connectivity index (χ1) is 11.2. The third kappa shape index (κ3) is 4.43. The maximum absolute atomic E-state index is 5.95. The Balaban J connectivity index is 1.51. The van der Waals surface area contributed by atoms with Crippen LogP contribution in [0.25, 0.3) is 6.08 Å². The molecule has 5 nitrogen and oxygen atoms in total. The second kappa shape index (κ2) is 7.44. The van der Waals surface area contributed by atoms with Gasteiger partial charge in [0.25, 0.3) is 0 Å². The van der Waals surface area contributed by atoms with Gasteiger partial charge < -0.3 is 10.6 Å². The van der Waals surface area contributed by atoms with Crippen LogP contribution in [0.3, 0.4) is 0 Å². The molecule has 6 heteroatoms. The zero-order valence-corrected chi connectivity index (χ0v) is 13.7. The molecule has 1 aliphatic rings. The molecule has 1 saturated heterocycles. The fourth-order valence-electron chi connectivity index (χ4n) is 2.65. The van der Waals surface area contributed by atoms with Gasteiger partial charge in [-0.15, -0.1) is 0 Å². The van der Waals surface area contributed by atoms with Crippen molar-refractivity contribution in [2.75, 3.05) is 43.4 Å². The van der Waals surface area contributed by atoms with Crippen molar-refractivity contribution in [1.29, 1.82) is 0 Å². The standard InChI is InChI=1S/C17H20ClN5/c18-15-13-16(21-17(19)20-15)23-11-9-22(10-12-23)8-4-7-14-5-2-1-3-6-14/h1-7,13H,8-12H2,(H2,19,20,21)/b7-4+. The molecule has 2 N–H and O–H groups in total. The molecule has 120 valence electrons. The fourth-order valence-corrected chi connectivity index (χ4v) is 2.83. The van der Waals surface area contributed by atoms with Gasteiger partial charge >= 0.3 is 0 Å². The lowest BCUT2D eigenvalue weighted by molar-refractivity contribution is 0.283. The Morgan fingerprint density at radius 3 is 2.52 bits per heavy atom. The molecule has 1 aliphatic heterocycles. The lowest BCUT2D eigenvalue weighted by atomic mass is 10.2. The number of rotatable bonds is 4. The maximum Gasteiger partial charge on any atom is 0.223 e. The zero-order chi connectivity index (χ0) is 16.1. The number of nitrogens with two attached hydrogens (primary N) is 1. The molecule has 0 bridgehead atoms. The predicted molar refractivity (Wildman–Crippen MR) is 95.6 cm³/mol. The van der Waals surface area contributed by atoms with Gasteiger partial charge in [0.15, 0.2) is 0 Å². The molecule has 0 atom stereocenters. The molecule has 1 aromatic heterocycles. The smallest absolute Gasteiger partial charge is 0.223 e. The van der Waals surface area contributed by atoms with E-state index in [4.69, 9.17) is 17.3 Å². The average molecular weight is 330 g/mol. The number of benzene rings is 1. The molecule has 0 spiro atoms. The molecule has 0 radical (unpaired) electrons. The number of piperazine rings is 1. The van der Waals surface area contributed by atoms with Crippen molar-refractivity contribution in [2.24, 2.45) is 0 Å². The van der Waals surface area contributed by atoms with Crippen molar-refractivity contribution < 1.29 is 0 Å². The molecule has 0 saturated carbocycles. The van der Waals surface area contributed by atoms with Gasteiger partial charge in [0.2, 0.25) is 5.95 Å². The van der Waals surface area contributed by atoms with Gasteiger partial charge in [-0.2, -0.15) is 4.98 Å². The third-order valence-electron chi connectivity index (χ3n) is 3.87. The summed E-state index contributed by atoms with van der Waals surface area (Å²) in [6, 6.07) is 12.1. The summed E-state index contributed by atoms with van der Waals surface area (Å²) in [6.07, 6.45) is 4.38. The number of anilines is 2. The highest BCUT2D eigenvalue weighted by atomic mass is 35.5. The Hall–Kier alpha value is -2.11. The van der Waals surface area contributed by atoms with Crippen LogP contribution in [0.1, 0.15) is 5.56 Å². The lowest BCUT2D eigenvalue weighted by Crippen LogP contribution is -2.46. The highest BCUT2D eigenvalue weighted by molar-refractivity contribution is 6.29. The predicted octanol–water partition coefficient (Wildman–Crippen LogP) is 2.55. The van der Waals surface area contributed by atoms with E-state index in [1.807, 2.05) is 6.07 Å². The van der Waals surface area contributed by atoms with Crippen LogP contribution < -0.4 is 10.6 Å². The van der Waals surface area contributed by atoms with Crippen LogP contribution in [0, 0.1) is 0 Å². The second-order valence-electron chi connectivity index (χ2n) is 5.51. The Labute approximate surface area is 141 Å². The van der Waals surface area contributed by atoms with Crippen LogP contribution in [0.4, 0.5) is 11.8 Å². The Kier molecular flexibility index (Phi) is 5.10. The van der Waals surface area contributed by atoms with E-state index >= 15 is 0 Å². The highest BCUT2D eigenvalue weighted by Crippen LogP contribution is 2.18. The Morgan fingerprint density at radius 2 is 1.83 bits per heavy atom. The number of halogens is 1. The minimum atomic E-state index is 0.223.